The standard InChI is InChI=1S/C22H27N3O4/c1-16-20(17(2)25(23-16)19-6-4-3-5-7-19)8-9-21(26)24(13-10-22(27)28)18-11-14-29-15-12-18/h3-9,18H,10-15H2,1-2H3,(H,27,28)/b9-8+. The maximum Gasteiger partial charge on any atom is 0.305 e. The molecule has 1 saturated heterocycles. The zero-order chi connectivity index (χ0) is 20.8. The molecule has 2 heterocycles. The van der Waals surface area contributed by atoms with Crippen molar-refractivity contribution in [1.29, 1.82) is 0 Å². The number of hydrogen-bond acceptors (Lipinski definition) is 4. The van der Waals surface area contributed by atoms with Gasteiger partial charge in [0, 0.05) is 43.1 Å². The van der Waals surface area contributed by atoms with E-state index in [0.29, 0.717) is 13.2 Å². The maximum absolute atomic E-state index is 12.9. The number of aliphatic carboxylic acids is 1. The van der Waals surface area contributed by atoms with Crippen molar-refractivity contribution in [2.24, 2.45) is 0 Å². The monoisotopic (exact) mass is 397 g/mol. The first-order chi connectivity index (χ1) is 14.0. The van der Waals surface area contributed by atoms with Crippen LogP contribution in [-0.2, 0) is 14.3 Å². The molecule has 1 fully saturated rings. The Balaban J connectivity index is 1.80. The van der Waals surface area contributed by atoms with E-state index in [-0.39, 0.29) is 24.9 Å². The average Bonchev–Trinajstić information content (AvgIpc) is 3.01. The Morgan fingerprint density at radius 2 is 1.93 bits per heavy atom. The van der Waals surface area contributed by atoms with Crippen molar-refractivity contribution >= 4 is 18.0 Å². The highest BCUT2D eigenvalue weighted by molar-refractivity contribution is 5.92. The topological polar surface area (TPSA) is 84.7 Å². The largest absolute Gasteiger partial charge is 0.481 e. The number of ether oxygens (including phenoxy) is 1. The fraction of sp³-hybridized carbons (Fsp3) is 0.409. The fourth-order valence-electron chi connectivity index (χ4n) is 3.65. The number of carboxylic acid groups (broad SMARTS) is 1. The van der Waals surface area contributed by atoms with Crippen molar-refractivity contribution in [3.63, 3.8) is 0 Å². The number of benzene rings is 1. The molecule has 1 aliphatic rings. The summed E-state index contributed by atoms with van der Waals surface area (Å²) in [7, 11) is 0. The van der Waals surface area contributed by atoms with Crippen molar-refractivity contribution in [3.8, 4) is 5.69 Å². The van der Waals surface area contributed by atoms with Crippen molar-refractivity contribution < 1.29 is 19.4 Å². The van der Waals surface area contributed by atoms with Gasteiger partial charge in [-0.05, 0) is 44.9 Å². The van der Waals surface area contributed by atoms with Gasteiger partial charge in [0.05, 0.1) is 17.8 Å². The molecule has 29 heavy (non-hydrogen) atoms. The lowest BCUT2D eigenvalue weighted by Gasteiger charge is -2.33. The molecule has 1 aromatic heterocycles. The minimum Gasteiger partial charge on any atom is -0.481 e. The summed E-state index contributed by atoms with van der Waals surface area (Å²) in [5.41, 5.74) is 3.64. The predicted octanol–water partition coefficient (Wildman–Crippen LogP) is 2.98. The van der Waals surface area contributed by atoms with Gasteiger partial charge in [0.15, 0.2) is 0 Å². The second kappa shape index (κ2) is 9.52. The molecule has 1 aliphatic heterocycles. The summed E-state index contributed by atoms with van der Waals surface area (Å²) in [5, 5.41) is 13.6. The number of carbonyl (C=O) groups is 2. The van der Waals surface area contributed by atoms with Gasteiger partial charge < -0.3 is 14.7 Å². The molecule has 1 amide bonds. The normalized spacial score (nSPS) is 15.0. The molecule has 0 bridgehead atoms. The van der Waals surface area contributed by atoms with Gasteiger partial charge in [-0.15, -0.1) is 0 Å². The molecule has 0 atom stereocenters. The minimum atomic E-state index is -0.908. The van der Waals surface area contributed by atoms with Gasteiger partial charge in [-0.25, -0.2) is 4.68 Å². The molecule has 0 saturated carbocycles. The molecule has 1 N–H and O–H groups in total. The number of aromatic nitrogens is 2. The Labute approximate surface area is 170 Å². The number of nitrogens with zero attached hydrogens (tertiary/aromatic N) is 3. The van der Waals surface area contributed by atoms with Gasteiger partial charge in [-0.1, -0.05) is 18.2 Å². The SMILES string of the molecule is Cc1nn(-c2ccccc2)c(C)c1/C=C/C(=O)N(CCC(=O)O)C1CCOCC1. The smallest absolute Gasteiger partial charge is 0.305 e. The highest BCUT2D eigenvalue weighted by Gasteiger charge is 2.25. The van der Waals surface area contributed by atoms with E-state index in [1.54, 1.807) is 11.0 Å². The predicted molar refractivity (Wildman–Crippen MR) is 110 cm³/mol. The van der Waals surface area contributed by atoms with E-state index in [0.717, 1.165) is 35.5 Å². The molecular weight excluding hydrogens is 370 g/mol. The third-order valence-electron chi connectivity index (χ3n) is 5.22. The highest BCUT2D eigenvalue weighted by atomic mass is 16.5. The number of para-hydroxylation sites is 1. The van der Waals surface area contributed by atoms with E-state index in [1.165, 1.54) is 6.08 Å². The van der Waals surface area contributed by atoms with Gasteiger partial charge in [-0.2, -0.15) is 5.10 Å². The van der Waals surface area contributed by atoms with Crippen molar-refractivity contribution in [3.05, 3.63) is 53.4 Å². The Hall–Kier alpha value is -2.93. The first kappa shape index (κ1) is 20.8. The van der Waals surface area contributed by atoms with Crippen LogP contribution in [-0.4, -0.2) is 57.5 Å². The number of carbonyl (C=O) groups excluding carboxylic acids is 1. The van der Waals surface area contributed by atoms with Crippen LogP contribution < -0.4 is 0 Å². The second-order valence-electron chi connectivity index (χ2n) is 7.18. The third-order valence-corrected chi connectivity index (χ3v) is 5.22. The number of amides is 1. The van der Waals surface area contributed by atoms with Gasteiger partial charge in [0.2, 0.25) is 5.91 Å². The number of hydrogen-bond donors (Lipinski definition) is 1. The molecule has 3 rings (SSSR count). The molecule has 0 unspecified atom stereocenters. The lowest BCUT2D eigenvalue weighted by atomic mass is 10.1. The number of carboxylic acids is 1. The Morgan fingerprint density at radius 3 is 2.59 bits per heavy atom. The van der Waals surface area contributed by atoms with E-state index < -0.39 is 5.97 Å². The number of rotatable bonds is 7. The quantitative estimate of drug-likeness (QED) is 0.726. The Morgan fingerprint density at radius 1 is 1.24 bits per heavy atom. The fourth-order valence-corrected chi connectivity index (χ4v) is 3.65. The van der Waals surface area contributed by atoms with Crippen LogP contribution in [0.3, 0.4) is 0 Å². The van der Waals surface area contributed by atoms with E-state index in [2.05, 4.69) is 5.10 Å². The van der Waals surface area contributed by atoms with Crippen LogP contribution in [0.25, 0.3) is 11.8 Å². The van der Waals surface area contributed by atoms with Crippen LogP contribution in [0.4, 0.5) is 0 Å². The van der Waals surface area contributed by atoms with Crippen LogP contribution in [0.1, 0.15) is 36.2 Å². The van der Waals surface area contributed by atoms with Gasteiger partial charge >= 0.3 is 5.97 Å². The van der Waals surface area contributed by atoms with Gasteiger partial charge in [0.25, 0.3) is 0 Å². The number of aryl methyl sites for hydroxylation is 1. The van der Waals surface area contributed by atoms with E-state index in [4.69, 9.17) is 9.84 Å². The molecule has 1 aromatic carbocycles. The summed E-state index contributed by atoms with van der Waals surface area (Å²) in [6, 6.07) is 9.84. The van der Waals surface area contributed by atoms with Crippen LogP contribution in [0.15, 0.2) is 36.4 Å². The second-order valence-corrected chi connectivity index (χ2v) is 7.18. The lowest BCUT2D eigenvalue weighted by molar-refractivity contribution is -0.138. The molecule has 0 aliphatic carbocycles. The van der Waals surface area contributed by atoms with E-state index >= 15 is 0 Å². The van der Waals surface area contributed by atoms with Crippen LogP contribution in [0.5, 0.6) is 0 Å². The lowest BCUT2D eigenvalue weighted by Crippen LogP contribution is -2.43. The molecule has 2 aromatic rings. The first-order valence-electron chi connectivity index (χ1n) is 9.87. The molecule has 154 valence electrons. The first-order valence-corrected chi connectivity index (χ1v) is 9.87. The van der Waals surface area contributed by atoms with Crippen LogP contribution in [0.2, 0.25) is 0 Å². The van der Waals surface area contributed by atoms with E-state index in [1.807, 2.05) is 48.9 Å². The zero-order valence-corrected chi connectivity index (χ0v) is 16.9. The van der Waals surface area contributed by atoms with Crippen molar-refractivity contribution in [1.82, 2.24) is 14.7 Å². The summed E-state index contributed by atoms with van der Waals surface area (Å²) >= 11 is 0. The Bertz CT molecular complexity index is 883. The maximum atomic E-state index is 12.9. The van der Waals surface area contributed by atoms with Crippen molar-refractivity contribution in [2.45, 2.75) is 39.2 Å². The third kappa shape index (κ3) is 5.12. The summed E-state index contributed by atoms with van der Waals surface area (Å²) in [6.07, 6.45) is 4.70. The summed E-state index contributed by atoms with van der Waals surface area (Å²) < 4.78 is 7.24. The van der Waals surface area contributed by atoms with Gasteiger partial charge in [-0.3, -0.25) is 9.59 Å². The van der Waals surface area contributed by atoms with Crippen molar-refractivity contribution in [2.75, 3.05) is 19.8 Å². The molecular formula is C22H27N3O4. The summed E-state index contributed by atoms with van der Waals surface area (Å²) in [6.45, 7) is 5.26. The van der Waals surface area contributed by atoms with Crippen LogP contribution in [0, 0.1) is 13.8 Å². The summed E-state index contributed by atoms with van der Waals surface area (Å²) in [4.78, 5) is 25.6. The van der Waals surface area contributed by atoms with Crippen LogP contribution >= 0.6 is 0 Å². The Kier molecular flexibility index (Phi) is 6.82. The minimum absolute atomic E-state index is 0.00878. The molecule has 0 radical (unpaired) electrons. The summed E-state index contributed by atoms with van der Waals surface area (Å²) in [5.74, 6) is -1.08. The average molecular weight is 397 g/mol. The van der Waals surface area contributed by atoms with E-state index in [9.17, 15) is 9.59 Å². The molecule has 0 spiro atoms. The molecule has 7 nitrogen and oxygen atoms in total. The van der Waals surface area contributed by atoms with Gasteiger partial charge in [0.1, 0.15) is 0 Å². The molecule has 7 heteroatoms. The highest BCUT2D eigenvalue weighted by Crippen LogP contribution is 2.20. The zero-order valence-electron chi connectivity index (χ0n) is 16.9.